The van der Waals surface area contributed by atoms with Crippen LogP contribution in [0.1, 0.15) is 24.8 Å². The van der Waals surface area contributed by atoms with Gasteiger partial charge in [0.1, 0.15) is 0 Å². The van der Waals surface area contributed by atoms with Crippen molar-refractivity contribution in [2.45, 2.75) is 36.7 Å². The van der Waals surface area contributed by atoms with Crippen molar-refractivity contribution in [3.05, 3.63) is 29.8 Å². The lowest BCUT2D eigenvalue weighted by Gasteiger charge is -2.26. The first-order valence-electron chi connectivity index (χ1n) is 7.34. The van der Waals surface area contributed by atoms with E-state index in [2.05, 4.69) is 4.90 Å². The summed E-state index contributed by atoms with van der Waals surface area (Å²) in [6.07, 6.45) is 3.84. The molecule has 1 saturated carbocycles. The lowest BCUT2D eigenvalue weighted by atomic mass is 10.1. The van der Waals surface area contributed by atoms with Crippen molar-refractivity contribution in [2.75, 3.05) is 18.8 Å². The summed E-state index contributed by atoms with van der Waals surface area (Å²) in [7, 11) is -3.19. The van der Waals surface area contributed by atoms with Gasteiger partial charge >= 0.3 is 0 Å². The zero-order valence-corrected chi connectivity index (χ0v) is 12.5. The Bertz CT molecular complexity index is 585. The summed E-state index contributed by atoms with van der Waals surface area (Å²) in [4.78, 5) is 2.77. The Balaban J connectivity index is 1.66. The first-order valence-corrected chi connectivity index (χ1v) is 8.99. The summed E-state index contributed by atoms with van der Waals surface area (Å²) in [5.41, 5.74) is 6.44. The highest BCUT2D eigenvalue weighted by atomic mass is 32.2. The molecule has 2 unspecified atom stereocenters. The molecular weight excluding hydrogens is 272 g/mol. The maximum absolute atomic E-state index is 12.4. The zero-order valence-electron chi connectivity index (χ0n) is 11.7. The average molecular weight is 294 g/mol. The largest absolute Gasteiger partial charge is 0.326 e. The highest BCUT2D eigenvalue weighted by molar-refractivity contribution is 7.91. The quantitative estimate of drug-likeness (QED) is 0.891. The van der Waals surface area contributed by atoms with E-state index < -0.39 is 9.84 Å². The Morgan fingerprint density at radius 3 is 2.80 bits per heavy atom. The first-order chi connectivity index (χ1) is 9.58. The monoisotopic (exact) mass is 294 g/mol. The van der Waals surface area contributed by atoms with Crippen LogP contribution in [0, 0.1) is 5.92 Å². The number of fused-ring (bicyclic) bond motifs is 2. The van der Waals surface area contributed by atoms with E-state index in [1.54, 1.807) is 18.2 Å². The van der Waals surface area contributed by atoms with Crippen LogP contribution in [0.25, 0.3) is 0 Å². The van der Waals surface area contributed by atoms with E-state index in [0.29, 0.717) is 24.0 Å². The molecule has 4 nitrogen and oxygen atoms in total. The molecule has 1 aromatic rings. The van der Waals surface area contributed by atoms with Crippen molar-refractivity contribution in [1.29, 1.82) is 0 Å². The molecule has 1 aliphatic carbocycles. The van der Waals surface area contributed by atoms with Gasteiger partial charge in [0.25, 0.3) is 0 Å². The molecule has 1 heterocycles. The molecule has 1 saturated heterocycles. The van der Waals surface area contributed by atoms with Crippen LogP contribution in [-0.2, 0) is 16.4 Å². The third kappa shape index (κ3) is 2.75. The molecule has 0 amide bonds. The summed E-state index contributed by atoms with van der Waals surface area (Å²) in [5.74, 6) is 1.02. The van der Waals surface area contributed by atoms with E-state index in [-0.39, 0.29) is 5.75 Å². The second-order valence-corrected chi connectivity index (χ2v) is 8.11. The minimum Gasteiger partial charge on any atom is -0.326 e. The summed E-state index contributed by atoms with van der Waals surface area (Å²) in [5, 5.41) is 0. The molecule has 1 aromatic carbocycles. The third-order valence-corrected chi connectivity index (χ3v) is 6.36. The molecule has 110 valence electrons. The molecule has 0 radical (unpaired) electrons. The number of sulfone groups is 1. The Morgan fingerprint density at radius 1 is 1.30 bits per heavy atom. The molecule has 0 aromatic heterocycles. The summed E-state index contributed by atoms with van der Waals surface area (Å²) >= 11 is 0. The Morgan fingerprint density at radius 2 is 2.15 bits per heavy atom. The lowest BCUT2D eigenvalue weighted by Crippen LogP contribution is -2.35. The fourth-order valence-electron chi connectivity index (χ4n) is 3.52. The van der Waals surface area contributed by atoms with Gasteiger partial charge < -0.3 is 5.73 Å². The van der Waals surface area contributed by atoms with Gasteiger partial charge in [-0.15, -0.1) is 0 Å². The molecule has 2 bridgehead atoms. The van der Waals surface area contributed by atoms with Gasteiger partial charge in [0.05, 0.1) is 10.6 Å². The van der Waals surface area contributed by atoms with E-state index in [1.165, 1.54) is 19.3 Å². The zero-order chi connectivity index (χ0) is 14.2. The van der Waals surface area contributed by atoms with Crippen LogP contribution in [-0.4, -0.2) is 38.2 Å². The Hall–Kier alpha value is -0.910. The minimum absolute atomic E-state index is 0.213. The second-order valence-electron chi connectivity index (χ2n) is 6.00. The van der Waals surface area contributed by atoms with Crippen molar-refractivity contribution in [1.82, 2.24) is 4.90 Å². The minimum atomic E-state index is -3.19. The predicted octanol–water partition coefficient (Wildman–Crippen LogP) is 1.40. The van der Waals surface area contributed by atoms with Gasteiger partial charge in [-0.05, 0) is 42.9 Å². The molecule has 0 spiro atoms. The molecule has 20 heavy (non-hydrogen) atoms. The number of hydrogen-bond acceptors (Lipinski definition) is 4. The van der Waals surface area contributed by atoms with E-state index in [9.17, 15) is 8.42 Å². The Labute approximate surface area is 120 Å². The van der Waals surface area contributed by atoms with Crippen molar-refractivity contribution in [2.24, 2.45) is 11.7 Å². The summed E-state index contributed by atoms with van der Waals surface area (Å²) in [6.45, 7) is 2.12. The molecule has 5 heteroatoms. The Kier molecular flexibility index (Phi) is 3.84. The van der Waals surface area contributed by atoms with Gasteiger partial charge in [0, 0.05) is 25.7 Å². The van der Waals surface area contributed by atoms with Crippen LogP contribution in [0.15, 0.2) is 29.2 Å². The van der Waals surface area contributed by atoms with Crippen LogP contribution in [0.3, 0.4) is 0 Å². The molecule has 2 atom stereocenters. The van der Waals surface area contributed by atoms with Crippen molar-refractivity contribution >= 4 is 9.84 Å². The maximum atomic E-state index is 12.4. The van der Waals surface area contributed by atoms with Gasteiger partial charge in [-0.3, -0.25) is 4.90 Å². The lowest BCUT2D eigenvalue weighted by molar-refractivity contribution is 0.225. The van der Waals surface area contributed by atoms with Gasteiger partial charge in [0.2, 0.25) is 0 Å². The van der Waals surface area contributed by atoms with Gasteiger partial charge in [-0.1, -0.05) is 12.1 Å². The van der Waals surface area contributed by atoms with Gasteiger partial charge in [0.15, 0.2) is 9.84 Å². The first kappa shape index (κ1) is 14.0. The molecule has 2 fully saturated rings. The summed E-state index contributed by atoms with van der Waals surface area (Å²) < 4.78 is 24.8. The van der Waals surface area contributed by atoms with E-state index in [4.69, 9.17) is 5.73 Å². The van der Waals surface area contributed by atoms with Gasteiger partial charge in [-0.2, -0.15) is 0 Å². The number of likely N-dealkylation sites (tertiary alicyclic amines) is 1. The van der Waals surface area contributed by atoms with Crippen molar-refractivity contribution in [3.63, 3.8) is 0 Å². The number of piperidine rings is 1. The van der Waals surface area contributed by atoms with Crippen molar-refractivity contribution in [3.8, 4) is 0 Å². The molecule has 1 aliphatic heterocycles. The molecule has 3 rings (SSSR count). The standard InChI is InChI=1S/C15H22N2O2S/c16-10-12-2-1-3-15(9-12)20(18,19)7-6-17-11-13-4-5-14(17)8-13/h1-3,9,13-14H,4-8,10-11,16H2. The number of nitrogens with two attached hydrogens (primary N) is 1. The molecular formula is C15H22N2O2S. The highest BCUT2D eigenvalue weighted by Crippen LogP contribution is 2.37. The maximum Gasteiger partial charge on any atom is 0.179 e. The van der Waals surface area contributed by atoms with E-state index in [0.717, 1.165) is 18.0 Å². The van der Waals surface area contributed by atoms with Crippen LogP contribution >= 0.6 is 0 Å². The number of hydrogen-bond donors (Lipinski definition) is 1. The smallest absolute Gasteiger partial charge is 0.179 e. The average Bonchev–Trinajstić information content (AvgIpc) is 3.08. The molecule has 2 aliphatic rings. The van der Waals surface area contributed by atoms with Gasteiger partial charge in [-0.25, -0.2) is 8.42 Å². The SMILES string of the molecule is NCc1cccc(S(=O)(=O)CCN2CC3CCC2C3)c1. The molecule has 2 N–H and O–H groups in total. The third-order valence-electron chi connectivity index (χ3n) is 4.66. The number of nitrogens with zero attached hydrogens (tertiary/aromatic N) is 1. The van der Waals surface area contributed by atoms with Crippen LogP contribution in [0.5, 0.6) is 0 Å². The summed E-state index contributed by atoms with van der Waals surface area (Å²) in [6, 6.07) is 7.63. The highest BCUT2D eigenvalue weighted by Gasteiger charge is 2.37. The van der Waals surface area contributed by atoms with E-state index >= 15 is 0 Å². The van der Waals surface area contributed by atoms with Crippen LogP contribution in [0.2, 0.25) is 0 Å². The fraction of sp³-hybridized carbons (Fsp3) is 0.600. The van der Waals surface area contributed by atoms with Crippen molar-refractivity contribution < 1.29 is 8.42 Å². The number of benzene rings is 1. The fourth-order valence-corrected chi connectivity index (χ4v) is 4.85. The van der Waals surface area contributed by atoms with E-state index in [1.807, 2.05) is 6.07 Å². The second kappa shape index (κ2) is 5.47. The number of rotatable bonds is 5. The normalized spacial score (nSPS) is 26.2. The van der Waals surface area contributed by atoms with Crippen LogP contribution in [0.4, 0.5) is 0 Å². The predicted molar refractivity (Wildman–Crippen MR) is 79.1 cm³/mol. The topological polar surface area (TPSA) is 63.4 Å². The van der Waals surface area contributed by atoms with Crippen LogP contribution < -0.4 is 5.73 Å².